The number of rotatable bonds is 6. The molecule has 0 aliphatic carbocycles. The molecule has 7 nitrogen and oxygen atoms in total. The molecule has 0 radical (unpaired) electrons. The van der Waals surface area contributed by atoms with Crippen LogP contribution >= 0.6 is 22.4 Å². The Kier molecular flexibility index (Phi) is 5.99. The van der Waals surface area contributed by atoms with Crippen LogP contribution in [0.2, 0.25) is 0 Å². The molecule has 0 saturated heterocycles. The van der Waals surface area contributed by atoms with Gasteiger partial charge in [0.25, 0.3) is 11.6 Å². The lowest BCUT2D eigenvalue weighted by Gasteiger charge is -2.11. The highest BCUT2D eigenvalue weighted by molar-refractivity contribution is 8.14. The third-order valence-corrected chi connectivity index (χ3v) is 4.85. The topological polar surface area (TPSA) is 97.6 Å². The van der Waals surface area contributed by atoms with Crippen molar-refractivity contribution in [2.75, 3.05) is 25.6 Å². The number of hydrogen-bond donors (Lipinski definition) is 0. The quantitative estimate of drug-likeness (QED) is 0.336. The van der Waals surface area contributed by atoms with E-state index < -0.39 is 14.0 Å². The van der Waals surface area contributed by atoms with Gasteiger partial charge >= 0.3 is 0 Å². The Balaban J connectivity index is 3.04. The normalized spacial score (nSPS) is 11.2. The molecule has 0 heterocycles. The first-order valence-electron chi connectivity index (χ1n) is 5.67. The van der Waals surface area contributed by atoms with Crippen molar-refractivity contribution in [3.8, 4) is 0 Å². The number of nitrogens with zero attached hydrogens (tertiary/aromatic N) is 2. The van der Waals surface area contributed by atoms with Crippen molar-refractivity contribution >= 4 is 43.1 Å². The summed E-state index contributed by atoms with van der Waals surface area (Å²) in [5.74, 6) is -0.550. The third-order valence-electron chi connectivity index (χ3n) is 2.39. The fraction of sp³-hybridized carbons (Fsp3) is 0.364. The average molecular weight is 353 g/mol. The van der Waals surface area contributed by atoms with Crippen molar-refractivity contribution in [1.29, 1.82) is 0 Å². The summed E-state index contributed by atoms with van der Waals surface area (Å²) in [6.45, 7) is 0. The van der Waals surface area contributed by atoms with Crippen molar-refractivity contribution in [1.82, 2.24) is 4.90 Å². The smallest absolute Gasteiger partial charge is 0.282 e. The SMILES string of the molecule is CN(C)C(=O)c1ccc([N+](=O)[O-])c(SCCS(=O)(=O)Cl)c1. The number of benzene rings is 1. The number of hydrogen-bond acceptors (Lipinski definition) is 6. The highest BCUT2D eigenvalue weighted by atomic mass is 35.7. The summed E-state index contributed by atoms with van der Waals surface area (Å²) < 4.78 is 21.7. The summed E-state index contributed by atoms with van der Waals surface area (Å²) in [5, 5.41) is 10.9. The number of carbonyl (C=O) groups excluding carboxylic acids is 1. The van der Waals surface area contributed by atoms with Gasteiger partial charge in [-0.1, -0.05) is 0 Å². The van der Waals surface area contributed by atoms with Crippen molar-refractivity contribution in [3.05, 3.63) is 33.9 Å². The maximum Gasteiger partial charge on any atom is 0.282 e. The first kappa shape index (κ1) is 17.7. The predicted molar refractivity (Wildman–Crippen MR) is 81.5 cm³/mol. The lowest BCUT2D eigenvalue weighted by molar-refractivity contribution is -0.387. The number of halogens is 1. The zero-order valence-corrected chi connectivity index (χ0v) is 13.7. The van der Waals surface area contributed by atoms with E-state index >= 15 is 0 Å². The van der Waals surface area contributed by atoms with Gasteiger partial charge in [0.05, 0.1) is 15.6 Å². The monoisotopic (exact) mass is 352 g/mol. The molecular formula is C11H13ClN2O5S2. The molecule has 0 bridgehead atoms. The molecule has 0 aliphatic rings. The standard InChI is InChI=1S/C11H13ClN2O5S2/c1-13(2)11(15)8-3-4-9(14(16)17)10(7-8)20-5-6-21(12,18)19/h3-4,7H,5-6H2,1-2H3. The molecule has 0 spiro atoms. The molecule has 0 atom stereocenters. The Bertz CT molecular complexity index is 661. The number of carbonyl (C=O) groups is 1. The van der Waals surface area contributed by atoms with Crippen LogP contribution in [0.1, 0.15) is 10.4 Å². The molecule has 116 valence electrons. The van der Waals surface area contributed by atoms with E-state index in [-0.39, 0.29) is 28.0 Å². The number of amides is 1. The van der Waals surface area contributed by atoms with Crippen molar-refractivity contribution < 1.29 is 18.1 Å². The first-order chi connectivity index (χ1) is 9.61. The van der Waals surface area contributed by atoms with Crippen LogP contribution in [-0.4, -0.2) is 49.7 Å². The van der Waals surface area contributed by atoms with E-state index in [1.807, 2.05) is 0 Å². The molecule has 0 aromatic heterocycles. The van der Waals surface area contributed by atoms with E-state index in [1.54, 1.807) is 14.1 Å². The summed E-state index contributed by atoms with van der Waals surface area (Å²) in [5.41, 5.74) is 0.115. The van der Waals surface area contributed by atoms with Crippen LogP contribution < -0.4 is 0 Å². The van der Waals surface area contributed by atoms with Gasteiger partial charge in [-0.05, 0) is 12.1 Å². The van der Waals surface area contributed by atoms with Gasteiger partial charge in [-0.2, -0.15) is 0 Å². The third kappa shape index (κ3) is 5.52. The molecule has 0 saturated carbocycles. The van der Waals surface area contributed by atoms with Gasteiger partial charge in [0.2, 0.25) is 9.05 Å². The Morgan fingerprint density at radius 1 is 1.43 bits per heavy atom. The largest absolute Gasteiger partial charge is 0.345 e. The molecule has 0 N–H and O–H groups in total. The highest BCUT2D eigenvalue weighted by Gasteiger charge is 2.18. The van der Waals surface area contributed by atoms with Gasteiger partial charge in [-0.15, -0.1) is 11.8 Å². The Labute approximate surface area is 130 Å². The minimum absolute atomic E-state index is 0.0618. The minimum atomic E-state index is -3.66. The van der Waals surface area contributed by atoms with Crippen molar-refractivity contribution in [3.63, 3.8) is 0 Å². The molecule has 1 aromatic carbocycles. The average Bonchev–Trinajstić information content (AvgIpc) is 2.35. The molecule has 0 aliphatic heterocycles. The predicted octanol–water partition coefficient (Wildman–Crippen LogP) is 1.96. The molecule has 10 heteroatoms. The molecule has 21 heavy (non-hydrogen) atoms. The maximum absolute atomic E-state index is 11.8. The van der Waals surface area contributed by atoms with E-state index in [0.717, 1.165) is 11.8 Å². The summed E-state index contributed by atoms with van der Waals surface area (Å²) in [6, 6.07) is 3.98. The second-order valence-corrected chi connectivity index (χ2v) is 8.26. The number of nitro groups is 1. The van der Waals surface area contributed by atoms with E-state index in [0.29, 0.717) is 5.56 Å². The van der Waals surface area contributed by atoms with Gasteiger partial charge in [0, 0.05) is 42.2 Å². The number of nitro benzene ring substituents is 1. The van der Waals surface area contributed by atoms with E-state index in [9.17, 15) is 23.3 Å². The lowest BCUT2D eigenvalue weighted by atomic mass is 10.2. The second kappa shape index (κ2) is 7.10. The van der Waals surface area contributed by atoms with E-state index in [4.69, 9.17) is 10.7 Å². The first-order valence-corrected chi connectivity index (χ1v) is 9.13. The van der Waals surface area contributed by atoms with Crippen molar-refractivity contribution in [2.45, 2.75) is 4.90 Å². The maximum atomic E-state index is 11.8. The zero-order valence-electron chi connectivity index (χ0n) is 11.3. The van der Waals surface area contributed by atoms with Crippen LogP contribution in [0.25, 0.3) is 0 Å². The van der Waals surface area contributed by atoms with Gasteiger partial charge in [0.1, 0.15) is 0 Å². The van der Waals surface area contributed by atoms with E-state index in [1.165, 1.54) is 23.1 Å². The Morgan fingerprint density at radius 3 is 2.52 bits per heavy atom. The summed E-state index contributed by atoms with van der Waals surface area (Å²) in [4.78, 5) is 23.8. The van der Waals surface area contributed by atoms with Crippen LogP contribution in [0.5, 0.6) is 0 Å². The van der Waals surface area contributed by atoms with Crippen molar-refractivity contribution in [2.24, 2.45) is 0 Å². The molecule has 0 unspecified atom stereocenters. The highest BCUT2D eigenvalue weighted by Crippen LogP contribution is 2.30. The Hall–Kier alpha value is -1.32. The lowest BCUT2D eigenvalue weighted by Crippen LogP contribution is -2.21. The molecular weight excluding hydrogens is 340 g/mol. The second-order valence-electron chi connectivity index (χ2n) is 4.23. The Morgan fingerprint density at radius 2 is 2.05 bits per heavy atom. The van der Waals surface area contributed by atoms with Crippen LogP contribution in [0, 0.1) is 10.1 Å². The van der Waals surface area contributed by atoms with Crippen LogP contribution in [-0.2, 0) is 9.05 Å². The fourth-order valence-corrected chi connectivity index (χ4v) is 3.84. The molecule has 0 fully saturated rings. The number of thioether (sulfide) groups is 1. The van der Waals surface area contributed by atoms with Gasteiger partial charge in [0.15, 0.2) is 0 Å². The molecule has 1 rings (SSSR count). The molecule has 1 amide bonds. The summed E-state index contributed by atoms with van der Waals surface area (Å²) >= 11 is 0.970. The van der Waals surface area contributed by atoms with Gasteiger partial charge in [-0.3, -0.25) is 14.9 Å². The molecule has 1 aromatic rings. The van der Waals surface area contributed by atoms with Gasteiger partial charge < -0.3 is 4.90 Å². The summed E-state index contributed by atoms with van der Waals surface area (Å²) in [7, 11) is 4.56. The van der Waals surface area contributed by atoms with Crippen LogP contribution in [0.4, 0.5) is 5.69 Å². The fourth-order valence-electron chi connectivity index (χ4n) is 1.42. The van der Waals surface area contributed by atoms with Crippen LogP contribution in [0.3, 0.4) is 0 Å². The minimum Gasteiger partial charge on any atom is -0.345 e. The zero-order chi connectivity index (χ0) is 16.2. The summed E-state index contributed by atoms with van der Waals surface area (Å²) in [6.07, 6.45) is 0. The van der Waals surface area contributed by atoms with E-state index in [2.05, 4.69) is 0 Å². The van der Waals surface area contributed by atoms with Gasteiger partial charge in [-0.25, -0.2) is 8.42 Å². The van der Waals surface area contributed by atoms with Crippen LogP contribution in [0.15, 0.2) is 23.1 Å².